The number of hydrogen-bond donors (Lipinski definition) is 2. The van der Waals surface area contributed by atoms with Crippen LogP contribution >= 0.6 is 0 Å². The molecule has 2 fully saturated rings. The minimum absolute atomic E-state index is 0.0361. The minimum atomic E-state index is -0.574. The van der Waals surface area contributed by atoms with E-state index in [1.54, 1.807) is 24.3 Å². The van der Waals surface area contributed by atoms with Crippen LogP contribution in [0, 0.1) is 23.2 Å². The van der Waals surface area contributed by atoms with Gasteiger partial charge in [0.25, 0.3) is 0 Å². The maximum Gasteiger partial charge on any atom is 0.317 e. The molecule has 1 aromatic carbocycles. The second-order valence-corrected chi connectivity index (χ2v) is 8.30. The number of amides is 2. The number of piperidine rings is 2. The molecule has 7 heteroatoms. The fourth-order valence-electron chi connectivity index (χ4n) is 4.21. The van der Waals surface area contributed by atoms with Crippen LogP contribution in [0.25, 0.3) is 0 Å². The number of rotatable bonds is 6. The monoisotopic (exact) mass is 386 g/mol. The van der Waals surface area contributed by atoms with Gasteiger partial charge in [-0.05, 0) is 56.4 Å². The second kappa shape index (κ2) is 9.26. The van der Waals surface area contributed by atoms with Crippen molar-refractivity contribution in [2.24, 2.45) is 11.8 Å². The van der Waals surface area contributed by atoms with E-state index in [0.717, 1.165) is 32.6 Å². The van der Waals surface area contributed by atoms with E-state index in [9.17, 15) is 9.90 Å². The van der Waals surface area contributed by atoms with E-state index in [0.29, 0.717) is 29.7 Å². The lowest BCUT2D eigenvalue weighted by atomic mass is 9.84. The Morgan fingerprint density at radius 3 is 2.46 bits per heavy atom. The molecule has 0 saturated carbocycles. The third-order valence-electron chi connectivity index (χ3n) is 5.25. The number of carbonyl (C=O) groups is 1. The summed E-state index contributed by atoms with van der Waals surface area (Å²) < 4.78 is 5.64. The highest BCUT2D eigenvalue weighted by atomic mass is 16.5. The van der Waals surface area contributed by atoms with Crippen molar-refractivity contribution in [3.8, 4) is 11.8 Å². The number of ether oxygens (including phenoxy) is 1. The first-order valence-electron chi connectivity index (χ1n) is 10.0. The Morgan fingerprint density at radius 2 is 1.89 bits per heavy atom. The van der Waals surface area contributed by atoms with Crippen LogP contribution in [0.4, 0.5) is 4.79 Å². The summed E-state index contributed by atoms with van der Waals surface area (Å²) in [5, 5.41) is 22.2. The van der Waals surface area contributed by atoms with Crippen molar-refractivity contribution in [2.45, 2.75) is 32.4 Å². The average molecular weight is 386 g/mol. The van der Waals surface area contributed by atoms with E-state index in [1.165, 1.54) is 0 Å². The predicted molar refractivity (Wildman–Crippen MR) is 106 cm³/mol. The van der Waals surface area contributed by atoms with Crippen LogP contribution in [0.15, 0.2) is 24.3 Å². The normalized spacial score (nSPS) is 23.2. The Morgan fingerprint density at radius 1 is 1.25 bits per heavy atom. The molecule has 1 aromatic rings. The van der Waals surface area contributed by atoms with Gasteiger partial charge in [-0.15, -0.1) is 0 Å². The molecule has 2 aliphatic heterocycles. The van der Waals surface area contributed by atoms with E-state index in [1.807, 2.05) is 18.7 Å². The van der Waals surface area contributed by atoms with Gasteiger partial charge in [0.1, 0.15) is 18.5 Å². The Balaban J connectivity index is 1.44. The minimum Gasteiger partial charge on any atom is -0.491 e. The third-order valence-corrected chi connectivity index (χ3v) is 5.25. The zero-order valence-corrected chi connectivity index (χ0v) is 16.7. The Kier molecular flexibility index (Phi) is 6.76. The molecule has 3 unspecified atom stereocenters. The van der Waals surface area contributed by atoms with Gasteiger partial charge in [-0.1, -0.05) is 0 Å². The molecule has 2 bridgehead atoms. The van der Waals surface area contributed by atoms with E-state index >= 15 is 0 Å². The van der Waals surface area contributed by atoms with E-state index in [-0.39, 0.29) is 18.7 Å². The molecule has 28 heavy (non-hydrogen) atoms. The number of carbonyl (C=O) groups excluding carboxylic acids is 1. The summed E-state index contributed by atoms with van der Waals surface area (Å²) in [6.07, 6.45) is 0.578. The number of aliphatic hydroxyl groups is 1. The summed E-state index contributed by atoms with van der Waals surface area (Å²) in [7, 11) is 0. The molecule has 0 radical (unpaired) electrons. The largest absolute Gasteiger partial charge is 0.491 e. The predicted octanol–water partition coefficient (Wildman–Crippen LogP) is 1.67. The maximum atomic E-state index is 12.3. The highest BCUT2D eigenvalue weighted by molar-refractivity contribution is 5.74. The molecule has 152 valence electrons. The summed E-state index contributed by atoms with van der Waals surface area (Å²) in [6.45, 7) is 8.11. The summed E-state index contributed by atoms with van der Waals surface area (Å²) in [5.74, 6) is 1.56. The van der Waals surface area contributed by atoms with Crippen LogP contribution in [0.3, 0.4) is 0 Å². The van der Waals surface area contributed by atoms with Crippen molar-refractivity contribution in [2.75, 3.05) is 39.3 Å². The van der Waals surface area contributed by atoms with Crippen molar-refractivity contribution >= 4 is 6.03 Å². The summed E-state index contributed by atoms with van der Waals surface area (Å²) in [6, 6.07) is 9.15. The van der Waals surface area contributed by atoms with E-state index in [4.69, 9.17) is 10.00 Å². The molecule has 0 aromatic heterocycles. The lowest BCUT2D eigenvalue weighted by molar-refractivity contribution is 0.00903. The first kappa shape index (κ1) is 20.4. The van der Waals surface area contributed by atoms with Gasteiger partial charge in [-0.3, -0.25) is 4.90 Å². The number of likely N-dealkylation sites (tertiary alicyclic amines) is 2. The smallest absolute Gasteiger partial charge is 0.317 e. The number of nitrogens with one attached hydrogen (secondary N) is 1. The lowest BCUT2D eigenvalue weighted by Gasteiger charge is -2.46. The third kappa shape index (κ3) is 5.60. The fourth-order valence-corrected chi connectivity index (χ4v) is 4.21. The van der Waals surface area contributed by atoms with Crippen LogP contribution in [0.5, 0.6) is 5.75 Å². The first-order chi connectivity index (χ1) is 13.4. The van der Waals surface area contributed by atoms with Crippen LogP contribution in [-0.4, -0.2) is 72.4 Å². The topological polar surface area (TPSA) is 88.8 Å². The quantitative estimate of drug-likeness (QED) is 0.776. The van der Waals surface area contributed by atoms with Crippen LogP contribution < -0.4 is 10.1 Å². The molecule has 7 nitrogen and oxygen atoms in total. The SMILES string of the molecule is CC(C)NC(=O)N1CC2CC(CN(CC(O)COc3ccc(C#N)cc3)C2)C1. The molecule has 2 heterocycles. The zero-order valence-electron chi connectivity index (χ0n) is 16.7. The summed E-state index contributed by atoms with van der Waals surface area (Å²) in [4.78, 5) is 16.5. The van der Waals surface area contributed by atoms with Crippen molar-refractivity contribution < 1.29 is 14.6 Å². The molecule has 0 aliphatic carbocycles. The van der Waals surface area contributed by atoms with Gasteiger partial charge in [0.05, 0.1) is 11.6 Å². The first-order valence-corrected chi connectivity index (χ1v) is 10.0. The van der Waals surface area contributed by atoms with Crippen molar-refractivity contribution in [1.29, 1.82) is 5.26 Å². The fraction of sp³-hybridized carbons (Fsp3) is 0.619. The van der Waals surface area contributed by atoms with Gasteiger partial charge in [-0.25, -0.2) is 4.79 Å². The zero-order chi connectivity index (χ0) is 20.1. The highest BCUT2D eigenvalue weighted by Crippen LogP contribution is 2.28. The van der Waals surface area contributed by atoms with Gasteiger partial charge in [0.15, 0.2) is 0 Å². The molecule has 2 N–H and O–H groups in total. The van der Waals surface area contributed by atoms with E-state index < -0.39 is 6.10 Å². The molecule has 2 aliphatic rings. The molecule has 2 saturated heterocycles. The van der Waals surface area contributed by atoms with Crippen molar-refractivity contribution in [3.05, 3.63) is 29.8 Å². The van der Waals surface area contributed by atoms with Gasteiger partial charge in [-0.2, -0.15) is 5.26 Å². The number of fused-ring (bicyclic) bond motifs is 2. The van der Waals surface area contributed by atoms with Crippen molar-refractivity contribution in [3.63, 3.8) is 0 Å². The van der Waals surface area contributed by atoms with E-state index in [2.05, 4.69) is 16.3 Å². The number of nitrogens with zero attached hydrogens (tertiary/aromatic N) is 3. The standard InChI is InChI=1S/C21H30N4O3/c1-15(2)23-21(27)25-11-17-7-18(12-25)10-24(9-17)13-19(26)14-28-20-5-3-16(8-22)4-6-20/h3-6,15,17-19,26H,7,9-14H2,1-2H3,(H,23,27). The van der Waals surface area contributed by atoms with Crippen LogP contribution in [0.2, 0.25) is 0 Å². The maximum absolute atomic E-state index is 12.3. The van der Waals surface area contributed by atoms with Gasteiger partial charge < -0.3 is 20.1 Å². The number of urea groups is 1. The molecular formula is C21H30N4O3. The average Bonchev–Trinajstić information content (AvgIpc) is 2.65. The van der Waals surface area contributed by atoms with Crippen LogP contribution in [0.1, 0.15) is 25.8 Å². The van der Waals surface area contributed by atoms with Crippen LogP contribution in [-0.2, 0) is 0 Å². The van der Waals surface area contributed by atoms with Gasteiger partial charge in [0, 0.05) is 38.8 Å². The number of hydrogen-bond acceptors (Lipinski definition) is 5. The van der Waals surface area contributed by atoms with Gasteiger partial charge in [0.2, 0.25) is 0 Å². The second-order valence-electron chi connectivity index (χ2n) is 8.30. The Labute approximate surface area is 166 Å². The van der Waals surface area contributed by atoms with Gasteiger partial charge >= 0.3 is 6.03 Å². The number of β-amino-alcohol motifs (C(OH)–C–C–N with tert-alkyl or cyclic N) is 1. The lowest BCUT2D eigenvalue weighted by Crippen LogP contribution is -2.57. The summed E-state index contributed by atoms with van der Waals surface area (Å²) >= 11 is 0. The van der Waals surface area contributed by atoms with Crippen molar-refractivity contribution in [1.82, 2.24) is 15.1 Å². The number of benzene rings is 1. The Bertz CT molecular complexity index is 687. The molecule has 3 atom stereocenters. The molecule has 2 amide bonds. The highest BCUT2D eigenvalue weighted by Gasteiger charge is 2.36. The Hall–Kier alpha value is -2.30. The summed E-state index contributed by atoms with van der Waals surface area (Å²) in [5.41, 5.74) is 0.587. The molecule has 3 rings (SSSR count). The molecular weight excluding hydrogens is 356 g/mol. The number of aliphatic hydroxyl groups excluding tert-OH is 1. The molecule has 0 spiro atoms. The number of nitriles is 1.